The topological polar surface area (TPSA) is 90.1 Å². The fraction of sp³-hybridized carbons (Fsp3) is 0.393. The van der Waals surface area contributed by atoms with Gasteiger partial charge in [0.1, 0.15) is 30.3 Å². The number of hydrogen-bond acceptors (Lipinski definition) is 5. The lowest BCUT2D eigenvalue weighted by Crippen LogP contribution is -2.47. The van der Waals surface area contributed by atoms with Crippen LogP contribution in [0.1, 0.15) is 55.1 Å². The number of amides is 1. The second-order valence-electron chi connectivity index (χ2n) is 9.36. The van der Waals surface area contributed by atoms with Gasteiger partial charge in [0.05, 0.1) is 18.0 Å². The van der Waals surface area contributed by atoms with E-state index >= 15 is 0 Å². The second kappa shape index (κ2) is 11.9. The molecule has 1 radical (unpaired) electrons. The van der Waals surface area contributed by atoms with Crippen LogP contribution in [0, 0.1) is 17.6 Å². The number of nitrogens with one attached hydrogen (secondary N) is 1. The number of rotatable bonds is 8. The third-order valence-electron chi connectivity index (χ3n) is 7.13. The molecule has 1 aliphatic rings. The third-order valence-corrected chi connectivity index (χ3v) is 7.13. The average molecular weight is 505 g/mol. The Morgan fingerprint density at radius 1 is 1.16 bits per heavy atom. The van der Waals surface area contributed by atoms with Crippen LogP contribution in [0.3, 0.4) is 0 Å². The van der Waals surface area contributed by atoms with Crippen LogP contribution in [-0.4, -0.2) is 41.9 Å². The molecule has 1 saturated carbocycles. The zero-order chi connectivity index (χ0) is 26.5. The van der Waals surface area contributed by atoms with E-state index in [-0.39, 0.29) is 35.0 Å². The highest BCUT2D eigenvalue weighted by Crippen LogP contribution is 2.41. The summed E-state index contributed by atoms with van der Waals surface area (Å²) in [5.41, 5.74) is 8.27. The van der Waals surface area contributed by atoms with Crippen LogP contribution >= 0.6 is 0 Å². The van der Waals surface area contributed by atoms with Gasteiger partial charge in [0.25, 0.3) is 5.91 Å². The van der Waals surface area contributed by atoms with Gasteiger partial charge in [-0.15, -0.1) is 0 Å². The van der Waals surface area contributed by atoms with E-state index in [9.17, 15) is 13.6 Å². The first-order valence-electron chi connectivity index (χ1n) is 12.7. The Bertz CT molecular complexity index is 1260. The number of ether oxygens (including phenoxy) is 1. The summed E-state index contributed by atoms with van der Waals surface area (Å²) in [4.78, 5) is 21.6. The summed E-state index contributed by atoms with van der Waals surface area (Å²) in [7, 11) is 1.67. The lowest BCUT2D eigenvalue weighted by atomic mass is 9.70. The number of halogens is 2. The monoisotopic (exact) mass is 505 g/mol. The smallest absolute Gasteiger partial charge is 0.274 e. The summed E-state index contributed by atoms with van der Waals surface area (Å²) in [5.74, 6) is -1.44. The van der Waals surface area contributed by atoms with Gasteiger partial charge in [-0.1, -0.05) is 37.8 Å². The molecule has 6 nitrogen and oxygen atoms in total. The molecule has 37 heavy (non-hydrogen) atoms. The number of anilines is 1. The van der Waals surface area contributed by atoms with Gasteiger partial charge in [-0.2, -0.15) is 0 Å². The van der Waals surface area contributed by atoms with Gasteiger partial charge < -0.3 is 15.8 Å². The lowest BCUT2D eigenvalue weighted by Gasteiger charge is -2.40. The van der Waals surface area contributed by atoms with Crippen LogP contribution in [0.4, 0.5) is 14.5 Å². The predicted molar refractivity (Wildman–Crippen MR) is 142 cm³/mol. The first-order chi connectivity index (χ1) is 17.9. The van der Waals surface area contributed by atoms with E-state index in [0.717, 1.165) is 30.9 Å². The molecule has 9 heteroatoms. The molecule has 1 amide bonds. The Kier molecular flexibility index (Phi) is 8.66. The van der Waals surface area contributed by atoms with Crippen molar-refractivity contribution < 1.29 is 18.3 Å². The maximum atomic E-state index is 14.7. The molecule has 0 saturated heterocycles. The highest BCUT2D eigenvalue weighted by molar-refractivity contribution is 6.54. The van der Waals surface area contributed by atoms with Crippen LogP contribution in [0.15, 0.2) is 48.8 Å². The molecule has 1 fully saturated rings. The highest BCUT2D eigenvalue weighted by Gasteiger charge is 2.37. The van der Waals surface area contributed by atoms with Crippen LogP contribution in [0.5, 0.6) is 0 Å². The summed E-state index contributed by atoms with van der Waals surface area (Å²) in [6.07, 6.45) is 5.84. The van der Waals surface area contributed by atoms with Crippen LogP contribution < -0.4 is 16.5 Å². The number of carbonyl (C=O) groups is 1. The number of pyridine rings is 2. The summed E-state index contributed by atoms with van der Waals surface area (Å²) in [6.45, 7) is 6.46. The Morgan fingerprint density at radius 2 is 1.97 bits per heavy atom. The molecular formula is C28H32BF2N4O2. The number of benzene rings is 1. The maximum Gasteiger partial charge on any atom is 0.274 e. The first-order valence-corrected chi connectivity index (χ1v) is 12.7. The second-order valence-corrected chi connectivity index (χ2v) is 9.36. The van der Waals surface area contributed by atoms with E-state index in [1.54, 1.807) is 38.6 Å². The first kappa shape index (κ1) is 26.9. The highest BCUT2D eigenvalue weighted by atomic mass is 19.1. The van der Waals surface area contributed by atoms with Crippen molar-refractivity contribution in [1.29, 1.82) is 0 Å². The molecule has 3 N–H and O–H groups in total. The van der Waals surface area contributed by atoms with Crippen molar-refractivity contribution >= 4 is 24.3 Å². The molecule has 0 unspecified atom stereocenters. The van der Waals surface area contributed by atoms with Gasteiger partial charge in [0.2, 0.25) is 0 Å². The lowest BCUT2D eigenvalue weighted by molar-refractivity contribution is -0.0233. The number of hydrogen-bond donors (Lipinski definition) is 2. The van der Waals surface area contributed by atoms with Gasteiger partial charge in [0, 0.05) is 24.4 Å². The standard InChI is InChI=1S/C28H32BF2N4O2/c1-4-16-13-17(14-22(32)27(16)37-5-2)18-11-12-33-15-24(18)35-28(36)23-10-9-21(31)26(34-23)25-19(29-3)7-6-8-20(25)30/h6-12,15-17,22,27H,4-5,13-14,32H2,1-3H3,(H,35,36)/t16-,17+,22+,27-/m1/s1. The van der Waals surface area contributed by atoms with Gasteiger partial charge in [-0.25, -0.2) is 13.8 Å². The molecule has 2 aromatic heterocycles. The number of aromatic nitrogens is 2. The Balaban J connectivity index is 1.61. The minimum absolute atomic E-state index is 0.0107. The molecule has 0 spiro atoms. The molecular weight excluding hydrogens is 473 g/mol. The van der Waals surface area contributed by atoms with E-state index in [4.69, 9.17) is 10.5 Å². The molecule has 4 atom stereocenters. The normalized spacial score (nSPS) is 21.5. The zero-order valence-electron chi connectivity index (χ0n) is 21.4. The van der Waals surface area contributed by atoms with Crippen molar-refractivity contribution in [2.45, 2.75) is 58.0 Å². The fourth-order valence-electron chi connectivity index (χ4n) is 5.34. The number of carbonyl (C=O) groups excluding carboxylic acids is 1. The van der Waals surface area contributed by atoms with E-state index < -0.39 is 17.5 Å². The van der Waals surface area contributed by atoms with Crippen molar-refractivity contribution in [1.82, 2.24) is 9.97 Å². The molecule has 3 aromatic rings. The van der Waals surface area contributed by atoms with Crippen molar-refractivity contribution in [3.05, 3.63) is 71.7 Å². The summed E-state index contributed by atoms with van der Waals surface area (Å²) in [5, 5.41) is 2.89. The van der Waals surface area contributed by atoms with Crippen molar-refractivity contribution in [3.63, 3.8) is 0 Å². The maximum absolute atomic E-state index is 14.7. The van der Waals surface area contributed by atoms with Gasteiger partial charge >= 0.3 is 0 Å². The molecule has 4 rings (SSSR count). The van der Waals surface area contributed by atoms with Crippen LogP contribution in [-0.2, 0) is 4.74 Å². The minimum Gasteiger partial charge on any atom is -0.377 e. The van der Waals surface area contributed by atoms with E-state index in [2.05, 4.69) is 22.2 Å². The Hall–Kier alpha value is -3.17. The van der Waals surface area contributed by atoms with Crippen molar-refractivity contribution in [3.8, 4) is 11.3 Å². The quantitative estimate of drug-likeness (QED) is 0.434. The van der Waals surface area contributed by atoms with Gasteiger partial charge in [0.15, 0.2) is 0 Å². The van der Waals surface area contributed by atoms with Crippen molar-refractivity contribution in [2.24, 2.45) is 11.7 Å². The minimum atomic E-state index is -0.711. The van der Waals surface area contributed by atoms with Crippen LogP contribution in [0.25, 0.3) is 11.3 Å². The Labute approximate surface area is 217 Å². The molecule has 2 heterocycles. The van der Waals surface area contributed by atoms with Gasteiger partial charge in [-0.3, -0.25) is 9.78 Å². The molecule has 1 aromatic carbocycles. The van der Waals surface area contributed by atoms with Gasteiger partial charge in [-0.05, 0) is 61.4 Å². The number of nitrogens with two attached hydrogens (primary N) is 1. The SMILES string of the molecule is C[B]c1cccc(F)c1-c1nc(C(=O)Nc2cnccc2[C@H]2C[C@@H](CC)[C@@H](OCC)[C@@H](N)C2)ccc1F. The largest absolute Gasteiger partial charge is 0.377 e. The number of nitrogens with zero attached hydrogens (tertiary/aromatic N) is 2. The summed E-state index contributed by atoms with van der Waals surface area (Å²) >= 11 is 0. The summed E-state index contributed by atoms with van der Waals surface area (Å²) in [6, 6.07) is 8.65. The van der Waals surface area contributed by atoms with E-state index in [1.165, 1.54) is 12.1 Å². The molecule has 0 bridgehead atoms. The predicted octanol–water partition coefficient (Wildman–Crippen LogP) is 4.69. The Morgan fingerprint density at radius 3 is 2.70 bits per heavy atom. The van der Waals surface area contributed by atoms with E-state index in [1.807, 2.05) is 13.0 Å². The molecule has 1 aliphatic carbocycles. The van der Waals surface area contributed by atoms with Crippen molar-refractivity contribution in [2.75, 3.05) is 11.9 Å². The molecule has 0 aliphatic heterocycles. The van der Waals surface area contributed by atoms with E-state index in [0.29, 0.717) is 23.7 Å². The average Bonchev–Trinajstić information content (AvgIpc) is 2.90. The van der Waals surface area contributed by atoms with Crippen LogP contribution in [0.2, 0.25) is 6.82 Å². The fourth-order valence-corrected chi connectivity index (χ4v) is 5.34. The third kappa shape index (κ3) is 5.73. The molecule has 193 valence electrons. The summed E-state index contributed by atoms with van der Waals surface area (Å²) < 4.78 is 35.3. The zero-order valence-corrected chi connectivity index (χ0v) is 21.4.